The minimum Gasteiger partial charge on any atom is -0.490 e. The number of sulfone groups is 1. The van der Waals surface area contributed by atoms with Crippen LogP contribution in [0.2, 0.25) is 0 Å². The van der Waals surface area contributed by atoms with Gasteiger partial charge >= 0.3 is 0 Å². The summed E-state index contributed by atoms with van der Waals surface area (Å²) >= 11 is 3.41. The molecule has 112 valence electrons. The Morgan fingerprint density at radius 3 is 2.80 bits per heavy atom. The topological polar surface area (TPSA) is 69.4 Å². The van der Waals surface area contributed by atoms with E-state index in [-0.39, 0.29) is 11.4 Å². The summed E-state index contributed by atoms with van der Waals surface area (Å²) in [6.45, 7) is 0.400. The van der Waals surface area contributed by atoms with E-state index in [4.69, 9.17) is 10.5 Å². The standard InChI is InChI=1S/C14H20BrNO3S/c1-20(17,18)13-4-2-3-12(8-13)19-14-6-5-11(15)7-10(14)9-16/h5-7,12-13H,2-4,8-9,16H2,1H3. The van der Waals surface area contributed by atoms with Crippen LogP contribution in [0.4, 0.5) is 0 Å². The van der Waals surface area contributed by atoms with Gasteiger partial charge in [0.15, 0.2) is 0 Å². The molecule has 0 radical (unpaired) electrons. The molecule has 1 aliphatic carbocycles. The summed E-state index contributed by atoms with van der Waals surface area (Å²) in [5, 5.41) is -0.280. The van der Waals surface area contributed by atoms with Crippen molar-refractivity contribution in [2.24, 2.45) is 5.73 Å². The van der Waals surface area contributed by atoms with Crippen LogP contribution >= 0.6 is 15.9 Å². The third-order valence-corrected chi connectivity index (χ3v) is 5.85. The van der Waals surface area contributed by atoms with Crippen molar-refractivity contribution in [2.75, 3.05) is 6.26 Å². The predicted molar refractivity (Wildman–Crippen MR) is 83.5 cm³/mol. The fourth-order valence-corrected chi connectivity index (χ4v) is 4.17. The van der Waals surface area contributed by atoms with Crippen molar-refractivity contribution >= 4 is 25.8 Å². The molecule has 1 fully saturated rings. The van der Waals surface area contributed by atoms with E-state index in [0.717, 1.165) is 35.0 Å². The molecule has 2 unspecified atom stereocenters. The van der Waals surface area contributed by atoms with Gasteiger partial charge in [0, 0.05) is 29.3 Å². The molecular formula is C14H20BrNO3S. The average Bonchev–Trinajstić information content (AvgIpc) is 2.40. The van der Waals surface area contributed by atoms with Gasteiger partial charge in [-0.15, -0.1) is 0 Å². The second kappa shape index (κ2) is 6.45. The minimum atomic E-state index is -2.99. The molecule has 0 bridgehead atoms. The van der Waals surface area contributed by atoms with Crippen LogP contribution in [0.25, 0.3) is 0 Å². The lowest BCUT2D eigenvalue weighted by Crippen LogP contribution is -2.33. The fraction of sp³-hybridized carbons (Fsp3) is 0.571. The zero-order chi connectivity index (χ0) is 14.8. The minimum absolute atomic E-state index is 0.0463. The van der Waals surface area contributed by atoms with Crippen LogP contribution in [0.15, 0.2) is 22.7 Å². The summed E-state index contributed by atoms with van der Waals surface area (Å²) < 4.78 is 30.3. The maximum absolute atomic E-state index is 11.7. The highest BCUT2D eigenvalue weighted by Gasteiger charge is 2.30. The first-order valence-electron chi connectivity index (χ1n) is 6.74. The van der Waals surface area contributed by atoms with Gasteiger partial charge in [0.2, 0.25) is 0 Å². The number of hydrogen-bond donors (Lipinski definition) is 1. The summed E-state index contributed by atoms with van der Waals surface area (Å²) in [6, 6.07) is 5.73. The molecule has 2 atom stereocenters. The Hall–Kier alpha value is -0.590. The number of nitrogens with two attached hydrogens (primary N) is 1. The van der Waals surface area contributed by atoms with E-state index in [2.05, 4.69) is 15.9 Å². The monoisotopic (exact) mass is 361 g/mol. The molecular weight excluding hydrogens is 342 g/mol. The summed E-state index contributed by atoms with van der Waals surface area (Å²) in [7, 11) is -2.99. The van der Waals surface area contributed by atoms with E-state index in [1.54, 1.807) is 0 Å². The van der Waals surface area contributed by atoms with Gasteiger partial charge in [0.1, 0.15) is 15.6 Å². The number of hydrogen-bond acceptors (Lipinski definition) is 4. The van der Waals surface area contributed by atoms with E-state index < -0.39 is 9.84 Å². The highest BCUT2D eigenvalue weighted by molar-refractivity contribution is 9.10. The van der Waals surface area contributed by atoms with Crippen LogP contribution in [0, 0.1) is 0 Å². The lowest BCUT2D eigenvalue weighted by atomic mass is 9.97. The summed E-state index contributed by atoms with van der Waals surface area (Å²) in [6.07, 6.45) is 4.35. The Morgan fingerprint density at radius 1 is 1.40 bits per heavy atom. The van der Waals surface area contributed by atoms with Crippen LogP contribution in [0.5, 0.6) is 5.75 Å². The van der Waals surface area contributed by atoms with E-state index in [1.165, 1.54) is 6.26 Å². The highest BCUT2D eigenvalue weighted by Crippen LogP contribution is 2.30. The average molecular weight is 362 g/mol. The molecule has 0 aliphatic heterocycles. The number of benzene rings is 1. The zero-order valence-electron chi connectivity index (χ0n) is 11.5. The van der Waals surface area contributed by atoms with Gasteiger partial charge in [0.25, 0.3) is 0 Å². The maximum Gasteiger partial charge on any atom is 0.150 e. The second-order valence-corrected chi connectivity index (χ2v) is 8.56. The van der Waals surface area contributed by atoms with E-state index >= 15 is 0 Å². The second-order valence-electron chi connectivity index (χ2n) is 5.31. The van der Waals surface area contributed by atoms with Gasteiger partial charge in [0.05, 0.1) is 11.4 Å². The quantitative estimate of drug-likeness (QED) is 0.894. The highest BCUT2D eigenvalue weighted by atomic mass is 79.9. The van der Waals surface area contributed by atoms with Gasteiger partial charge in [-0.05, 0) is 37.5 Å². The molecule has 0 amide bonds. The lowest BCUT2D eigenvalue weighted by Gasteiger charge is -2.29. The Bertz CT molecular complexity index is 574. The van der Waals surface area contributed by atoms with Crippen molar-refractivity contribution < 1.29 is 13.2 Å². The lowest BCUT2D eigenvalue weighted by molar-refractivity contribution is 0.155. The van der Waals surface area contributed by atoms with Crippen molar-refractivity contribution in [3.05, 3.63) is 28.2 Å². The number of ether oxygens (including phenoxy) is 1. The number of rotatable bonds is 4. The third kappa shape index (κ3) is 3.96. The molecule has 1 aromatic rings. The molecule has 0 aromatic heterocycles. The molecule has 2 rings (SSSR count). The Kier molecular flexibility index (Phi) is 5.09. The van der Waals surface area contributed by atoms with Crippen molar-refractivity contribution in [1.82, 2.24) is 0 Å². The molecule has 0 saturated heterocycles. The molecule has 6 heteroatoms. The van der Waals surface area contributed by atoms with Crippen LogP contribution < -0.4 is 10.5 Å². The van der Waals surface area contributed by atoms with E-state index in [0.29, 0.717) is 13.0 Å². The zero-order valence-corrected chi connectivity index (χ0v) is 13.9. The Labute approximate surface area is 128 Å². The van der Waals surface area contributed by atoms with Crippen LogP contribution in [0.3, 0.4) is 0 Å². The molecule has 0 spiro atoms. The van der Waals surface area contributed by atoms with Crippen molar-refractivity contribution in [3.8, 4) is 5.75 Å². The molecule has 1 aliphatic rings. The van der Waals surface area contributed by atoms with Crippen molar-refractivity contribution in [2.45, 2.75) is 43.6 Å². The SMILES string of the molecule is CS(=O)(=O)C1CCCC(Oc2ccc(Br)cc2CN)C1. The molecule has 1 saturated carbocycles. The van der Waals surface area contributed by atoms with Gasteiger partial charge < -0.3 is 10.5 Å². The summed E-state index contributed by atoms with van der Waals surface area (Å²) in [4.78, 5) is 0. The summed E-state index contributed by atoms with van der Waals surface area (Å²) in [5.41, 5.74) is 6.66. The molecule has 0 heterocycles. The van der Waals surface area contributed by atoms with E-state index in [9.17, 15) is 8.42 Å². The Morgan fingerprint density at radius 2 is 2.15 bits per heavy atom. The fourth-order valence-electron chi connectivity index (χ4n) is 2.60. The van der Waals surface area contributed by atoms with Crippen LogP contribution in [-0.4, -0.2) is 26.0 Å². The molecule has 20 heavy (non-hydrogen) atoms. The third-order valence-electron chi connectivity index (χ3n) is 3.72. The van der Waals surface area contributed by atoms with Crippen molar-refractivity contribution in [1.29, 1.82) is 0 Å². The van der Waals surface area contributed by atoms with Crippen molar-refractivity contribution in [3.63, 3.8) is 0 Å². The van der Waals surface area contributed by atoms with Gasteiger partial charge in [-0.2, -0.15) is 0 Å². The number of halogens is 1. The smallest absolute Gasteiger partial charge is 0.150 e. The van der Waals surface area contributed by atoms with E-state index in [1.807, 2.05) is 18.2 Å². The first-order valence-corrected chi connectivity index (χ1v) is 9.49. The van der Waals surface area contributed by atoms with Gasteiger partial charge in [-0.3, -0.25) is 0 Å². The Balaban J connectivity index is 2.10. The van der Waals surface area contributed by atoms with Crippen LogP contribution in [-0.2, 0) is 16.4 Å². The first kappa shape index (κ1) is 15.8. The van der Waals surface area contributed by atoms with Crippen LogP contribution in [0.1, 0.15) is 31.2 Å². The summed E-state index contributed by atoms with van der Waals surface area (Å²) in [5.74, 6) is 0.759. The van der Waals surface area contributed by atoms with Gasteiger partial charge in [-0.1, -0.05) is 15.9 Å². The predicted octanol–water partition coefficient (Wildman–Crippen LogP) is 2.64. The molecule has 4 nitrogen and oxygen atoms in total. The maximum atomic E-state index is 11.7. The first-order chi connectivity index (χ1) is 9.40. The van der Waals surface area contributed by atoms with Gasteiger partial charge in [-0.25, -0.2) is 8.42 Å². The molecule has 1 aromatic carbocycles. The largest absolute Gasteiger partial charge is 0.490 e. The molecule has 2 N–H and O–H groups in total. The normalized spacial score (nSPS) is 23.6.